The number of urea groups is 1. The minimum absolute atomic E-state index is 0.00784. The van der Waals surface area contributed by atoms with E-state index in [1.807, 2.05) is 6.07 Å². The molecule has 0 spiro atoms. The van der Waals surface area contributed by atoms with Crippen molar-refractivity contribution < 1.29 is 40.6 Å². The molecule has 1 aliphatic carbocycles. The number of ether oxygens (including phenoxy) is 2. The van der Waals surface area contributed by atoms with Gasteiger partial charge in [-0.25, -0.2) is 4.79 Å². The Labute approximate surface area is 196 Å². The lowest BCUT2D eigenvalue weighted by atomic mass is 9.80. The van der Waals surface area contributed by atoms with E-state index in [1.54, 1.807) is 0 Å². The molecule has 0 radical (unpaired) electrons. The molecule has 2 aromatic carbocycles. The third-order valence-electron chi connectivity index (χ3n) is 5.48. The van der Waals surface area contributed by atoms with E-state index in [1.165, 1.54) is 24.3 Å². The number of amides is 2. The maximum absolute atomic E-state index is 12.9. The van der Waals surface area contributed by atoms with E-state index in [0.717, 1.165) is 49.9 Å². The zero-order valence-electron chi connectivity index (χ0n) is 18.2. The van der Waals surface area contributed by atoms with Crippen LogP contribution >= 0.6 is 0 Å². The van der Waals surface area contributed by atoms with Gasteiger partial charge >= 0.3 is 18.8 Å². The summed E-state index contributed by atoms with van der Waals surface area (Å²) >= 11 is 0. The molecule has 0 bridgehead atoms. The third kappa shape index (κ3) is 7.18. The van der Waals surface area contributed by atoms with Crippen LogP contribution in [0.3, 0.4) is 0 Å². The minimum Gasteiger partial charge on any atom is -0.406 e. The Hall–Kier alpha value is -3.62. The molecule has 1 saturated carbocycles. The van der Waals surface area contributed by atoms with Crippen LogP contribution in [0.4, 0.5) is 31.1 Å². The smallest absolute Gasteiger partial charge is 0.406 e. The second kappa shape index (κ2) is 10.3. The number of nitrogens with one attached hydrogen (secondary N) is 2. The number of benzene rings is 2. The van der Waals surface area contributed by atoms with E-state index in [-0.39, 0.29) is 17.2 Å². The molecule has 0 heterocycles. The lowest BCUT2D eigenvalue weighted by molar-refractivity contribution is -0.275. The molecule has 12 heteroatoms. The molecule has 0 aliphatic heterocycles. The molecule has 188 valence electrons. The number of nitriles is 1. The van der Waals surface area contributed by atoms with E-state index in [9.17, 15) is 36.4 Å². The molecule has 1 fully saturated rings. The van der Waals surface area contributed by atoms with Crippen LogP contribution in [0.15, 0.2) is 48.5 Å². The van der Waals surface area contributed by atoms with Gasteiger partial charge in [0.25, 0.3) is 0 Å². The summed E-state index contributed by atoms with van der Waals surface area (Å²) in [5.41, 5.74) is -1.84. The van der Waals surface area contributed by atoms with Crippen molar-refractivity contribution in [2.45, 2.75) is 56.4 Å². The van der Waals surface area contributed by atoms with Gasteiger partial charge in [0.1, 0.15) is 17.0 Å². The Morgan fingerprint density at radius 1 is 0.914 bits per heavy atom. The minimum atomic E-state index is -5.01. The zero-order valence-corrected chi connectivity index (χ0v) is 18.2. The molecule has 1 aliphatic rings. The maximum atomic E-state index is 12.9. The molecular weight excluding hydrogens is 480 g/mol. The number of halogens is 6. The van der Waals surface area contributed by atoms with Crippen molar-refractivity contribution in [2.75, 3.05) is 0 Å². The number of rotatable bonds is 7. The van der Waals surface area contributed by atoms with Gasteiger partial charge in [-0.15, -0.1) is 26.3 Å². The number of nitrogens with zero attached hydrogens (tertiary/aromatic N) is 1. The first-order valence-corrected chi connectivity index (χ1v) is 10.6. The summed E-state index contributed by atoms with van der Waals surface area (Å²) in [6.07, 6.45) is -7.28. The number of carbonyl (C=O) groups is 1. The van der Waals surface area contributed by atoms with Crippen LogP contribution in [0.5, 0.6) is 11.5 Å². The molecular formula is C23H21F6N3O3. The van der Waals surface area contributed by atoms with Gasteiger partial charge in [-0.05, 0) is 48.2 Å². The average Bonchev–Trinajstić information content (AvgIpc) is 3.24. The Morgan fingerprint density at radius 2 is 1.40 bits per heavy atom. The van der Waals surface area contributed by atoms with Gasteiger partial charge in [0.05, 0.1) is 12.5 Å². The van der Waals surface area contributed by atoms with Crippen molar-refractivity contribution in [3.8, 4) is 17.6 Å². The van der Waals surface area contributed by atoms with Crippen LogP contribution in [0.2, 0.25) is 0 Å². The number of carbonyl (C=O) groups excluding carboxylic acids is 1. The van der Waals surface area contributed by atoms with Crippen molar-refractivity contribution in [1.29, 1.82) is 5.26 Å². The molecule has 2 amide bonds. The first kappa shape index (κ1) is 26.0. The fourth-order valence-electron chi connectivity index (χ4n) is 4.08. The van der Waals surface area contributed by atoms with Gasteiger partial charge in [0.2, 0.25) is 0 Å². The Bertz CT molecular complexity index is 1020. The highest BCUT2D eigenvalue weighted by Crippen LogP contribution is 2.38. The first-order chi connectivity index (χ1) is 16.4. The standard InChI is InChI=1S/C23H21F6N3O3/c24-22(25,26)34-18-9-3-5-15(13-18)21(11-12-30,32-20(33)31-17-7-1-2-8-17)16-6-4-10-19(14-16)35-23(27,28)29/h3-6,9-10,13-14,17H,1-2,7-8,11H2,(H2,31,32,33). The van der Waals surface area contributed by atoms with Gasteiger partial charge in [-0.3, -0.25) is 0 Å². The van der Waals surface area contributed by atoms with Crippen molar-refractivity contribution in [2.24, 2.45) is 0 Å². The average molecular weight is 501 g/mol. The van der Waals surface area contributed by atoms with E-state index >= 15 is 0 Å². The lowest BCUT2D eigenvalue weighted by Gasteiger charge is -2.35. The molecule has 2 aromatic rings. The molecule has 2 N–H and O–H groups in total. The second-order valence-corrected chi connectivity index (χ2v) is 7.97. The van der Waals surface area contributed by atoms with E-state index in [0.29, 0.717) is 0 Å². The van der Waals surface area contributed by atoms with Gasteiger partial charge in [0.15, 0.2) is 0 Å². The highest BCUT2D eigenvalue weighted by Gasteiger charge is 2.39. The molecule has 0 unspecified atom stereocenters. The zero-order chi connectivity index (χ0) is 25.7. The highest BCUT2D eigenvalue weighted by molar-refractivity contribution is 5.76. The summed E-state index contributed by atoms with van der Waals surface area (Å²) in [7, 11) is 0. The van der Waals surface area contributed by atoms with Crippen LogP contribution in [-0.4, -0.2) is 24.8 Å². The summed E-state index contributed by atoms with van der Waals surface area (Å²) in [4.78, 5) is 12.9. The van der Waals surface area contributed by atoms with Crippen molar-refractivity contribution in [3.05, 3.63) is 59.7 Å². The fraction of sp³-hybridized carbons (Fsp3) is 0.391. The SMILES string of the molecule is N#CCC(NC(=O)NC1CCCC1)(c1cccc(OC(F)(F)F)c1)c1cccc(OC(F)(F)F)c1. The summed E-state index contributed by atoms with van der Waals surface area (Å²) in [6, 6.07) is 10.1. The van der Waals surface area contributed by atoms with Crippen LogP contribution in [0, 0.1) is 11.3 Å². The fourth-order valence-corrected chi connectivity index (χ4v) is 4.08. The van der Waals surface area contributed by atoms with E-state index < -0.39 is 42.2 Å². The monoisotopic (exact) mass is 501 g/mol. The number of alkyl halides is 6. The van der Waals surface area contributed by atoms with Crippen LogP contribution in [0.25, 0.3) is 0 Å². The third-order valence-corrected chi connectivity index (χ3v) is 5.48. The summed E-state index contributed by atoms with van der Waals surface area (Å²) < 4.78 is 84.8. The Kier molecular flexibility index (Phi) is 7.67. The van der Waals surface area contributed by atoms with Crippen LogP contribution in [0.1, 0.15) is 43.2 Å². The molecule has 0 atom stereocenters. The van der Waals surface area contributed by atoms with E-state index in [2.05, 4.69) is 20.1 Å². The number of hydrogen-bond acceptors (Lipinski definition) is 4. The van der Waals surface area contributed by atoms with Crippen molar-refractivity contribution in [3.63, 3.8) is 0 Å². The van der Waals surface area contributed by atoms with Crippen LogP contribution in [-0.2, 0) is 5.54 Å². The Balaban J connectivity index is 2.09. The summed E-state index contributed by atoms with van der Waals surface area (Å²) in [6.45, 7) is 0. The predicted octanol–water partition coefficient (Wildman–Crippen LogP) is 5.88. The van der Waals surface area contributed by atoms with Gasteiger partial charge in [-0.2, -0.15) is 5.26 Å². The summed E-state index contributed by atoms with van der Waals surface area (Å²) in [5, 5.41) is 15.0. The summed E-state index contributed by atoms with van der Waals surface area (Å²) in [5.74, 6) is -1.25. The Morgan fingerprint density at radius 3 is 1.83 bits per heavy atom. The van der Waals surface area contributed by atoms with Crippen molar-refractivity contribution >= 4 is 6.03 Å². The quantitative estimate of drug-likeness (QED) is 0.464. The maximum Gasteiger partial charge on any atom is 0.573 e. The second-order valence-electron chi connectivity index (χ2n) is 7.97. The first-order valence-electron chi connectivity index (χ1n) is 10.6. The largest absolute Gasteiger partial charge is 0.573 e. The van der Waals surface area contributed by atoms with Gasteiger partial charge in [0, 0.05) is 6.04 Å². The molecule has 35 heavy (non-hydrogen) atoms. The number of hydrogen-bond donors (Lipinski definition) is 2. The van der Waals surface area contributed by atoms with Gasteiger partial charge in [-0.1, -0.05) is 37.1 Å². The molecule has 0 saturated heterocycles. The normalized spacial score (nSPS) is 14.8. The lowest BCUT2D eigenvalue weighted by Crippen LogP contribution is -2.52. The molecule has 0 aromatic heterocycles. The topological polar surface area (TPSA) is 83.4 Å². The molecule has 6 nitrogen and oxygen atoms in total. The van der Waals surface area contributed by atoms with E-state index in [4.69, 9.17) is 0 Å². The predicted molar refractivity (Wildman–Crippen MR) is 111 cm³/mol. The molecule has 3 rings (SSSR count). The van der Waals surface area contributed by atoms with Crippen LogP contribution < -0.4 is 20.1 Å². The van der Waals surface area contributed by atoms with Gasteiger partial charge < -0.3 is 20.1 Å². The highest BCUT2D eigenvalue weighted by atomic mass is 19.4. The van der Waals surface area contributed by atoms with Crippen molar-refractivity contribution in [1.82, 2.24) is 10.6 Å².